The van der Waals surface area contributed by atoms with Gasteiger partial charge in [-0.1, -0.05) is 12.1 Å². The molecule has 2 atom stereocenters. The fourth-order valence-electron chi connectivity index (χ4n) is 6.74. The molecule has 6 rings (SSSR count). The lowest BCUT2D eigenvalue weighted by atomic mass is 9.53. The van der Waals surface area contributed by atoms with E-state index in [1.165, 1.54) is 38.5 Å². The smallest absolute Gasteiger partial charge is 0.227 e. The molecule has 5 aliphatic rings. The zero-order valence-electron chi connectivity index (χ0n) is 16.4. The summed E-state index contributed by atoms with van der Waals surface area (Å²) in [4.78, 5) is 12.7. The number of carbonyl (C=O) groups is 1. The predicted molar refractivity (Wildman–Crippen MR) is 119 cm³/mol. The number of nitrogens with one attached hydrogen (secondary N) is 2. The molecule has 156 valence electrons. The first-order valence-electron chi connectivity index (χ1n) is 10.5. The molecule has 28 heavy (non-hydrogen) atoms. The van der Waals surface area contributed by atoms with Gasteiger partial charge in [0.2, 0.25) is 5.91 Å². The number of rotatable bonds is 4. The molecular formula is C22H33Cl2N3O. The minimum atomic E-state index is 0. The van der Waals surface area contributed by atoms with Crippen molar-refractivity contribution in [1.82, 2.24) is 0 Å². The number of carbonyl (C=O) groups excluding carboxylic acids is 1. The van der Waals surface area contributed by atoms with Crippen molar-refractivity contribution >= 4 is 42.1 Å². The third kappa shape index (κ3) is 4.15. The molecular weight excluding hydrogens is 393 g/mol. The molecule has 1 amide bonds. The molecule has 4 N–H and O–H groups in total. The van der Waals surface area contributed by atoms with Crippen LogP contribution in [-0.2, 0) is 4.79 Å². The molecule has 5 fully saturated rings. The van der Waals surface area contributed by atoms with Crippen LogP contribution < -0.4 is 16.4 Å². The molecule has 0 spiro atoms. The lowest BCUT2D eigenvalue weighted by Gasteiger charge is -2.57. The van der Waals surface area contributed by atoms with Gasteiger partial charge in [-0.15, -0.1) is 24.8 Å². The highest BCUT2D eigenvalue weighted by atomic mass is 35.5. The van der Waals surface area contributed by atoms with E-state index in [0.717, 1.165) is 48.4 Å². The molecule has 4 bridgehead atoms. The first kappa shape index (κ1) is 21.7. The Morgan fingerprint density at radius 1 is 0.893 bits per heavy atom. The summed E-state index contributed by atoms with van der Waals surface area (Å²) < 4.78 is 0. The van der Waals surface area contributed by atoms with E-state index in [9.17, 15) is 4.79 Å². The van der Waals surface area contributed by atoms with Crippen molar-refractivity contribution in [3.63, 3.8) is 0 Å². The number of anilines is 2. The maximum atomic E-state index is 12.7. The third-order valence-corrected chi connectivity index (χ3v) is 7.47. The van der Waals surface area contributed by atoms with E-state index in [-0.39, 0.29) is 48.2 Å². The van der Waals surface area contributed by atoms with Crippen molar-refractivity contribution in [3.8, 4) is 0 Å². The summed E-state index contributed by atoms with van der Waals surface area (Å²) in [5.74, 6) is 2.94. The minimum absolute atomic E-state index is 0. The zero-order valence-corrected chi connectivity index (χ0v) is 18.0. The fraction of sp³-hybridized carbons (Fsp3) is 0.682. The highest BCUT2D eigenvalue weighted by Gasteiger charge is 2.51. The standard InChI is InChI=1S/C22H31N3O.2ClH/c23-18-6-5-17(10-18)21(26)24-19-3-1-2-4-20(19)25-22-11-14-7-15(12-22)9-16(8-14)13-22;;/h1-4,14-18,25H,5-13,23H2,(H,24,26);2*1H. The lowest BCUT2D eigenvalue weighted by Crippen LogP contribution is -2.54. The molecule has 0 saturated heterocycles. The number of halogens is 2. The number of benzene rings is 1. The fourth-order valence-corrected chi connectivity index (χ4v) is 6.74. The molecule has 0 aromatic heterocycles. The van der Waals surface area contributed by atoms with Crippen LogP contribution in [0.1, 0.15) is 57.8 Å². The Bertz CT molecular complexity index is 675. The van der Waals surface area contributed by atoms with Gasteiger partial charge in [0.25, 0.3) is 0 Å². The Kier molecular flexibility index (Phi) is 6.53. The van der Waals surface area contributed by atoms with Crippen LogP contribution in [0.3, 0.4) is 0 Å². The third-order valence-electron chi connectivity index (χ3n) is 7.47. The summed E-state index contributed by atoms with van der Waals surface area (Å²) in [6.45, 7) is 0. The predicted octanol–water partition coefficient (Wildman–Crippen LogP) is 4.98. The molecule has 0 aliphatic heterocycles. The van der Waals surface area contributed by atoms with Crippen molar-refractivity contribution in [1.29, 1.82) is 0 Å². The van der Waals surface area contributed by atoms with E-state index in [4.69, 9.17) is 5.73 Å². The van der Waals surface area contributed by atoms with E-state index in [0.29, 0.717) is 0 Å². The summed E-state index contributed by atoms with van der Waals surface area (Å²) in [6.07, 6.45) is 10.9. The van der Waals surface area contributed by atoms with E-state index in [1.54, 1.807) is 0 Å². The van der Waals surface area contributed by atoms with E-state index >= 15 is 0 Å². The highest BCUT2D eigenvalue weighted by molar-refractivity contribution is 5.96. The molecule has 5 saturated carbocycles. The van der Waals surface area contributed by atoms with Crippen molar-refractivity contribution < 1.29 is 4.79 Å². The van der Waals surface area contributed by atoms with Gasteiger partial charge < -0.3 is 16.4 Å². The average Bonchev–Trinajstić information content (AvgIpc) is 3.02. The van der Waals surface area contributed by atoms with Gasteiger partial charge in [-0.3, -0.25) is 4.79 Å². The van der Waals surface area contributed by atoms with Crippen LogP contribution in [0.5, 0.6) is 0 Å². The number of nitrogens with two attached hydrogens (primary N) is 1. The van der Waals surface area contributed by atoms with Gasteiger partial charge >= 0.3 is 0 Å². The minimum Gasteiger partial charge on any atom is -0.378 e. The van der Waals surface area contributed by atoms with Gasteiger partial charge in [0.05, 0.1) is 11.4 Å². The van der Waals surface area contributed by atoms with Crippen molar-refractivity contribution in [3.05, 3.63) is 24.3 Å². The Labute approximate surface area is 180 Å². The first-order chi connectivity index (χ1) is 12.6. The van der Waals surface area contributed by atoms with Crippen molar-refractivity contribution in [2.75, 3.05) is 10.6 Å². The van der Waals surface area contributed by atoms with Crippen LogP contribution in [0.15, 0.2) is 24.3 Å². The summed E-state index contributed by atoms with van der Waals surface area (Å²) >= 11 is 0. The van der Waals surface area contributed by atoms with Crippen LogP contribution in [0.2, 0.25) is 0 Å². The van der Waals surface area contributed by atoms with E-state index in [2.05, 4.69) is 22.8 Å². The van der Waals surface area contributed by atoms with E-state index in [1.807, 2.05) is 12.1 Å². The quantitative estimate of drug-likeness (QED) is 0.636. The molecule has 5 aliphatic carbocycles. The largest absolute Gasteiger partial charge is 0.378 e. The normalized spacial score (nSPS) is 37.7. The number of hydrogen-bond donors (Lipinski definition) is 3. The molecule has 2 unspecified atom stereocenters. The lowest BCUT2D eigenvalue weighted by molar-refractivity contribution is -0.119. The summed E-state index contributed by atoms with van der Waals surface area (Å²) in [5, 5.41) is 7.12. The molecule has 6 heteroatoms. The average molecular weight is 426 g/mol. The topological polar surface area (TPSA) is 67.2 Å². The number of para-hydroxylation sites is 2. The van der Waals surface area contributed by atoms with Gasteiger partial charge in [0.15, 0.2) is 0 Å². The molecule has 4 nitrogen and oxygen atoms in total. The van der Waals surface area contributed by atoms with Crippen LogP contribution in [0, 0.1) is 23.7 Å². The van der Waals surface area contributed by atoms with Crippen LogP contribution in [-0.4, -0.2) is 17.5 Å². The first-order valence-corrected chi connectivity index (χ1v) is 10.5. The van der Waals surface area contributed by atoms with Crippen LogP contribution in [0.25, 0.3) is 0 Å². The number of hydrogen-bond acceptors (Lipinski definition) is 3. The maximum Gasteiger partial charge on any atom is 0.227 e. The second-order valence-corrected chi connectivity index (χ2v) is 9.63. The summed E-state index contributed by atoms with van der Waals surface area (Å²) in [7, 11) is 0. The van der Waals surface area contributed by atoms with Gasteiger partial charge in [0, 0.05) is 17.5 Å². The van der Waals surface area contributed by atoms with Crippen LogP contribution >= 0.6 is 24.8 Å². The summed E-state index contributed by atoms with van der Waals surface area (Å²) in [6, 6.07) is 8.45. The van der Waals surface area contributed by atoms with Gasteiger partial charge in [-0.25, -0.2) is 0 Å². The summed E-state index contributed by atoms with van der Waals surface area (Å²) in [5.41, 5.74) is 8.29. The Morgan fingerprint density at radius 3 is 2.00 bits per heavy atom. The highest BCUT2D eigenvalue weighted by Crippen LogP contribution is 2.56. The zero-order chi connectivity index (χ0) is 17.7. The number of amides is 1. The van der Waals surface area contributed by atoms with Crippen molar-refractivity contribution in [2.24, 2.45) is 29.4 Å². The van der Waals surface area contributed by atoms with Crippen molar-refractivity contribution in [2.45, 2.75) is 69.4 Å². The van der Waals surface area contributed by atoms with Gasteiger partial charge in [0.1, 0.15) is 0 Å². The molecule has 1 aromatic carbocycles. The Morgan fingerprint density at radius 2 is 1.46 bits per heavy atom. The van der Waals surface area contributed by atoms with Gasteiger partial charge in [-0.05, 0) is 87.7 Å². The van der Waals surface area contributed by atoms with E-state index < -0.39 is 0 Å². The SMILES string of the molecule is Cl.Cl.NC1CCC(C(=O)Nc2ccccc2NC23CC4CC(CC(C4)C2)C3)C1. The molecule has 0 radical (unpaired) electrons. The monoisotopic (exact) mass is 425 g/mol. The van der Waals surface area contributed by atoms with Crippen LogP contribution in [0.4, 0.5) is 11.4 Å². The second kappa shape index (κ2) is 8.41. The molecule has 0 heterocycles. The second-order valence-electron chi connectivity index (χ2n) is 9.63. The maximum absolute atomic E-state index is 12.7. The van der Waals surface area contributed by atoms with Gasteiger partial charge in [-0.2, -0.15) is 0 Å². The Hall–Kier alpha value is -0.970. The Balaban J connectivity index is 0.00000112. The molecule has 1 aromatic rings.